The van der Waals surface area contributed by atoms with Gasteiger partial charge in [0.15, 0.2) is 0 Å². The monoisotopic (exact) mass is 466 g/mol. The molecule has 2 rings (SSSR count). The summed E-state index contributed by atoms with van der Waals surface area (Å²) in [6.07, 6.45) is -3.19. The van der Waals surface area contributed by atoms with Crippen LogP contribution < -0.4 is 4.90 Å². The predicted molar refractivity (Wildman–Crippen MR) is 110 cm³/mol. The maximum atomic E-state index is 13.3. The number of hydrogen-bond acceptors (Lipinski definition) is 4. The van der Waals surface area contributed by atoms with Gasteiger partial charge in [0, 0.05) is 26.7 Å². The Balaban J connectivity index is 2.40. The molecule has 11 heteroatoms. The van der Waals surface area contributed by atoms with E-state index in [-0.39, 0.29) is 11.5 Å². The Bertz CT molecular complexity index is 927. The number of nitrogens with zero attached hydrogens (tertiary/aromatic N) is 4. The minimum atomic E-state index is -4.51. The molecule has 0 aliphatic carbocycles. The number of alkyl halides is 6. The molecule has 0 saturated heterocycles. The van der Waals surface area contributed by atoms with E-state index in [9.17, 15) is 18.0 Å². The second-order valence-corrected chi connectivity index (χ2v) is 8.47. The first-order chi connectivity index (χ1) is 13.3. The number of carbonyl (C=O) groups is 1. The molecule has 0 fully saturated rings. The Morgan fingerprint density at radius 2 is 1.76 bits per heavy atom. The fourth-order valence-corrected chi connectivity index (χ4v) is 2.59. The number of amides is 1. The first kappa shape index (κ1) is 23.3. The second kappa shape index (κ2) is 8.77. The average Bonchev–Trinajstić information content (AvgIpc) is 2.63. The zero-order chi connectivity index (χ0) is 22.0. The first-order valence-electron chi connectivity index (χ1n) is 8.05. The number of halogens is 6. The van der Waals surface area contributed by atoms with E-state index < -0.39 is 21.4 Å². The van der Waals surface area contributed by atoms with Gasteiger partial charge in [0.25, 0.3) is 9.70 Å². The molecular formula is C18H16Cl3F3N4O. The van der Waals surface area contributed by atoms with Crippen LogP contribution in [0.5, 0.6) is 0 Å². The molecule has 0 radical (unpaired) electrons. The molecule has 1 aromatic carbocycles. The fourth-order valence-electron chi connectivity index (χ4n) is 2.22. The minimum Gasteiger partial charge on any atom is -0.363 e. The van der Waals surface area contributed by atoms with Crippen LogP contribution in [0, 0.1) is 0 Å². The van der Waals surface area contributed by atoms with E-state index in [0.29, 0.717) is 11.1 Å². The Labute approximate surface area is 180 Å². The fraction of sp³-hybridized carbons (Fsp3) is 0.278. The average molecular weight is 468 g/mol. The molecule has 0 N–H and O–H groups in total. The quantitative estimate of drug-likeness (QED) is 0.361. The van der Waals surface area contributed by atoms with Gasteiger partial charge < -0.3 is 4.90 Å². The number of anilines is 1. The van der Waals surface area contributed by atoms with Crippen molar-refractivity contribution in [2.75, 3.05) is 26.0 Å². The number of aromatic nitrogens is 1. The predicted octanol–water partition coefficient (Wildman–Crippen LogP) is 5.00. The van der Waals surface area contributed by atoms with Gasteiger partial charge in [-0.15, -0.1) is 0 Å². The van der Waals surface area contributed by atoms with Crippen molar-refractivity contribution in [1.29, 1.82) is 0 Å². The van der Waals surface area contributed by atoms with Crippen LogP contribution >= 0.6 is 34.8 Å². The van der Waals surface area contributed by atoms with Gasteiger partial charge in [0.05, 0.1) is 17.5 Å². The summed E-state index contributed by atoms with van der Waals surface area (Å²) < 4.78 is 37.6. The summed E-state index contributed by atoms with van der Waals surface area (Å²) in [5.74, 6) is -0.688. The summed E-state index contributed by atoms with van der Waals surface area (Å²) in [6, 6.07) is 8.44. The van der Waals surface area contributed by atoms with E-state index in [4.69, 9.17) is 34.8 Å². The van der Waals surface area contributed by atoms with E-state index in [1.54, 1.807) is 38.4 Å². The summed E-state index contributed by atoms with van der Waals surface area (Å²) in [4.78, 5) is 17.6. The number of hydrogen-bond donors (Lipinski definition) is 0. The molecule has 156 valence electrons. The van der Waals surface area contributed by atoms with Crippen LogP contribution in [0.4, 0.5) is 19.0 Å². The van der Waals surface area contributed by atoms with Gasteiger partial charge in [-0.05, 0) is 23.8 Å². The van der Waals surface area contributed by atoms with Gasteiger partial charge in [-0.3, -0.25) is 4.79 Å². The third-order valence-corrected chi connectivity index (χ3v) is 4.18. The molecule has 1 aromatic heterocycles. The molecule has 5 nitrogen and oxygen atoms in total. The lowest BCUT2D eigenvalue weighted by Gasteiger charge is -2.17. The number of hydrazone groups is 1. The van der Waals surface area contributed by atoms with Crippen LogP contribution in [-0.4, -0.2) is 47.1 Å². The number of benzene rings is 1. The highest BCUT2D eigenvalue weighted by Crippen LogP contribution is 2.34. The maximum Gasteiger partial charge on any atom is 0.416 e. The van der Waals surface area contributed by atoms with E-state index >= 15 is 0 Å². The molecule has 2 aromatic rings. The molecule has 0 aliphatic rings. The molecule has 0 aliphatic heterocycles. The van der Waals surface area contributed by atoms with Crippen molar-refractivity contribution in [3.63, 3.8) is 0 Å². The van der Waals surface area contributed by atoms with Crippen LogP contribution in [0.2, 0.25) is 0 Å². The minimum absolute atomic E-state index is 0.143. The standard InChI is InChI=1S/C18H16Cl3F3N4O/c1-27(2)15-9-13(18(22,23)24)8-14(26-15)12-6-4-5-11(7-12)10-25-28(3)16(29)17(19,20)21/h4-10H,1-3H3/b25-10+. The largest absolute Gasteiger partial charge is 0.416 e. The van der Waals surface area contributed by atoms with E-state index in [0.717, 1.165) is 17.1 Å². The van der Waals surface area contributed by atoms with Crippen molar-refractivity contribution < 1.29 is 18.0 Å². The summed E-state index contributed by atoms with van der Waals surface area (Å²) in [5.41, 5.74) is 0.290. The third-order valence-electron chi connectivity index (χ3n) is 3.70. The van der Waals surface area contributed by atoms with Crippen molar-refractivity contribution in [2.24, 2.45) is 5.10 Å². The Morgan fingerprint density at radius 3 is 2.31 bits per heavy atom. The Morgan fingerprint density at radius 1 is 1.10 bits per heavy atom. The topological polar surface area (TPSA) is 48.8 Å². The van der Waals surface area contributed by atoms with Crippen molar-refractivity contribution in [1.82, 2.24) is 9.99 Å². The first-order valence-corrected chi connectivity index (χ1v) is 9.18. The van der Waals surface area contributed by atoms with Gasteiger partial charge in [-0.1, -0.05) is 53.0 Å². The van der Waals surface area contributed by atoms with Crippen molar-refractivity contribution >= 4 is 52.7 Å². The molecule has 1 amide bonds. The lowest BCUT2D eigenvalue weighted by molar-refractivity contribution is -0.137. The highest BCUT2D eigenvalue weighted by atomic mass is 35.6. The van der Waals surface area contributed by atoms with E-state index in [1.807, 2.05) is 0 Å². The molecule has 0 atom stereocenters. The molecule has 29 heavy (non-hydrogen) atoms. The van der Waals surface area contributed by atoms with Gasteiger partial charge in [-0.25, -0.2) is 9.99 Å². The maximum absolute atomic E-state index is 13.3. The van der Waals surface area contributed by atoms with Crippen LogP contribution in [0.15, 0.2) is 41.5 Å². The Kier molecular flexibility index (Phi) is 7.03. The zero-order valence-corrected chi connectivity index (χ0v) is 17.8. The van der Waals surface area contributed by atoms with Crippen LogP contribution in [0.25, 0.3) is 11.3 Å². The number of pyridine rings is 1. The van der Waals surface area contributed by atoms with Crippen molar-refractivity contribution in [3.05, 3.63) is 47.5 Å². The number of carbonyl (C=O) groups excluding carboxylic acids is 1. The Hall–Kier alpha value is -2.03. The van der Waals surface area contributed by atoms with Gasteiger partial charge >= 0.3 is 6.18 Å². The van der Waals surface area contributed by atoms with Crippen molar-refractivity contribution in [2.45, 2.75) is 9.97 Å². The van der Waals surface area contributed by atoms with Gasteiger partial charge in [0.2, 0.25) is 0 Å². The lowest BCUT2D eigenvalue weighted by Crippen LogP contribution is -2.32. The van der Waals surface area contributed by atoms with Gasteiger partial charge in [0.1, 0.15) is 5.82 Å². The van der Waals surface area contributed by atoms with Gasteiger partial charge in [-0.2, -0.15) is 18.3 Å². The molecule has 0 saturated carbocycles. The van der Waals surface area contributed by atoms with Crippen LogP contribution in [0.3, 0.4) is 0 Å². The van der Waals surface area contributed by atoms with Crippen LogP contribution in [0.1, 0.15) is 11.1 Å². The lowest BCUT2D eigenvalue weighted by atomic mass is 10.1. The summed E-state index contributed by atoms with van der Waals surface area (Å²) in [7, 11) is 4.52. The van der Waals surface area contributed by atoms with Crippen LogP contribution in [-0.2, 0) is 11.0 Å². The zero-order valence-electron chi connectivity index (χ0n) is 15.5. The highest BCUT2D eigenvalue weighted by Gasteiger charge is 2.34. The molecule has 0 bridgehead atoms. The molecule has 1 heterocycles. The SMILES string of the molecule is CN(/N=C/c1cccc(-c2cc(C(F)(F)F)cc(N(C)C)n2)c1)C(=O)C(Cl)(Cl)Cl. The summed E-state index contributed by atoms with van der Waals surface area (Å²) >= 11 is 16.6. The van der Waals surface area contributed by atoms with E-state index in [2.05, 4.69) is 10.1 Å². The third kappa shape index (κ3) is 6.22. The molecule has 0 spiro atoms. The highest BCUT2D eigenvalue weighted by molar-refractivity contribution is 6.76. The van der Waals surface area contributed by atoms with E-state index in [1.165, 1.54) is 18.2 Å². The van der Waals surface area contributed by atoms with Crippen molar-refractivity contribution in [3.8, 4) is 11.3 Å². The molecular weight excluding hydrogens is 452 g/mol. The molecule has 0 unspecified atom stereocenters. The smallest absolute Gasteiger partial charge is 0.363 e. The summed E-state index contributed by atoms with van der Waals surface area (Å²) in [5, 5.41) is 4.75. The second-order valence-electron chi connectivity index (χ2n) is 6.19. The normalized spacial score (nSPS) is 12.3. The number of rotatable bonds is 4. The summed E-state index contributed by atoms with van der Waals surface area (Å²) in [6.45, 7) is 0.